The van der Waals surface area contributed by atoms with Gasteiger partial charge in [-0.3, -0.25) is 4.79 Å². The van der Waals surface area contributed by atoms with Crippen LogP contribution in [-0.2, 0) is 11.2 Å². The van der Waals surface area contributed by atoms with Crippen molar-refractivity contribution in [1.82, 2.24) is 10.6 Å². The summed E-state index contributed by atoms with van der Waals surface area (Å²) in [6.45, 7) is 0.931. The Morgan fingerprint density at radius 2 is 2.24 bits per heavy atom. The number of carbonyl (C=O) groups is 1. The van der Waals surface area contributed by atoms with Crippen LogP contribution in [0.15, 0.2) is 24.3 Å². The van der Waals surface area contributed by atoms with Gasteiger partial charge < -0.3 is 15.4 Å². The molecule has 2 N–H and O–H groups in total. The molecule has 21 heavy (non-hydrogen) atoms. The zero-order valence-corrected chi connectivity index (χ0v) is 11.9. The Bertz CT molecular complexity index is 482. The highest BCUT2D eigenvalue weighted by Gasteiger charge is 2.23. The third kappa shape index (κ3) is 4.67. The Hall–Kier alpha value is -1.69. The van der Waals surface area contributed by atoms with E-state index in [2.05, 4.69) is 22.3 Å². The second-order valence-electron chi connectivity index (χ2n) is 5.31. The topological polar surface area (TPSA) is 50.4 Å². The molecule has 1 saturated heterocycles. The number of carbonyl (C=O) groups excluding carboxylic acids is 1. The lowest BCUT2D eigenvalue weighted by Gasteiger charge is -2.30. The molecule has 0 aliphatic carbocycles. The normalized spacial score (nSPS) is 22.1. The van der Waals surface area contributed by atoms with Crippen molar-refractivity contribution >= 4 is 5.91 Å². The second-order valence-corrected chi connectivity index (χ2v) is 5.31. The van der Waals surface area contributed by atoms with Gasteiger partial charge in [0.25, 0.3) is 0 Å². The Labute approximate surface area is 122 Å². The smallest absolute Gasteiger partial charge is 0.387 e. The minimum Gasteiger partial charge on any atom is -0.435 e. The molecule has 0 bridgehead atoms. The molecule has 1 fully saturated rings. The van der Waals surface area contributed by atoms with Crippen LogP contribution in [-0.4, -0.2) is 31.7 Å². The fourth-order valence-electron chi connectivity index (χ4n) is 2.52. The van der Waals surface area contributed by atoms with Gasteiger partial charge in [0.05, 0.1) is 6.42 Å². The maximum atomic E-state index is 12.3. The lowest BCUT2D eigenvalue weighted by atomic mass is 9.95. The number of alkyl halides is 2. The number of hydrogen-bond donors (Lipinski definition) is 2. The van der Waals surface area contributed by atoms with E-state index in [1.165, 1.54) is 6.07 Å². The molecule has 6 heteroatoms. The molecule has 0 aromatic heterocycles. The van der Waals surface area contributed by atoms with Crippen molar-refractivity contribution in [1.29, 1.82) is 0 Å². The third-order valence-corrected chi connectivity index (χ3v) is 3.67. The SMILES string of the molecule is CC1CNCCC1NC(=O)Cc1ccccc1OC(F)F. The highest BCUT2D eigenvalue weighted by molar-refractivity contribution is 5.79. The van der Waals surface area contributed by atoms with Crippen LogP contribution in [0.1, 0.15) is 18.9 Å². The number of nitrogens with one attached hydrogen (secondary N) is 2. The average molecular weight is 298 g/mol. The van der Waals surface area contributed by atoms with Gasteiger partial charge in [-0.15, -0.1) is 0 Å². The highest BCUT2D eigenvalue weighted by atomic mass is 19.3. The summed E-state index contributed by atoms with van der Waals surface area (Å²) in [6.07, 6.45) is 0.918. The predicted octanol–water partition coefficient (Wildman–Crippen LogP) is 1.94. The van der Waals surface area contributed by atoms with Gasteiger partial charge in [0, 0.05) is 11.6 Å². The first kappa shape index (κ1) is 15.7. The fourth-order valence-corrected chi connectivity index (χ4v) is 2.52. The monoisotopic (exact) mass is 298 g/mol. The highest BCUT2D eigenvalue weighted by Crippen LogP contribution is 2.21. The number of hydrogen-bond acceptors (Lipinski definition) is 3. The molecule has 0 spiro atoms. The molecular weight excluding hydrogens is 278 g/mol. The molecule has 0 radical (unpaired) electrons. The number of piperidine rings is 1. The summed E-state index contributed by atoms with van der Waals surface area (Å²) in [5.74, 6) is 0.246. The van der Waals surface area contributed by atoms with Crippen LogP contribution in [0.5, 0.6) is 5.75 Å². The van der Waals surface area contributed by atoms with Crippen LogP contribution in [0.25, 0.3) is 0 Å². The Balaban J connectivity index is 1.96. The third-order valence-electron chi connectivity index (χ3n) is 3.67. The number of para-hydroxylation sites is 1. The number of ether oxygens (including phenoxy) is 1. The van der Waals surface area contributed by atoms with Crippen molar-refractivity contribution in [2.24, 2.45) is 5.92 Å². The van der Waals surface area contributed by atoms with Crippen molar-refractivity contribution in [2.75, 3.05) is 13.1 Å². The minimum atomic E-state index is -2.89. The lowest BCUT2D eigenvalue weighted by molar-refractivity contribution is -0.121. The summed E-state index contributed by atoms with van der Waals surface area (Å²) in [5, 5.41) is 6.24. The van der Waals surface area contributed by atoms with Crippen molar-refractivity contribution in [2.45, 2.75) is 32.4 Å². The molecule has 2 unspecified atom stereocenters. The second kappa shape index (κ2) is 7.36. The zero-order valence-electron chi connectivity index (χ0n) is 11.9. The molecule has 2 rings (SSSR count). The van der Waals surface area contributed by atoms with E-state index in [0.717, 1.165) is 19.5 Å². The van der Waals surface area contributed by atoms with Gasteiger partial charge in [-0.05, 0) is 31.5 Å². The Kier molecular flexibility index (Phi) is 5.50. The van der Waals surface area contributed by atoms with Gasteiger partial charge >= 0.3 is 6.61 Å². The molecule has 1 aliphatic heterocycles. The summed E-state index contributed by atoms with van der Waals surface area (Å²) in [4.78, 5) is 12.1. The standard InChI is InChI=1S/C15H20F2N2O2/c1-10-9-18-7-6-12(10)19-14(20)8-11-4-2-3-5-13(11)21-15(16)17/h2-5,10,12,15,18H,6-9H2,1H3,(H,19,20). The molecule has 116 valence electrons. The van der Waals surface area contributed by atoms with E-state index in [4.69, 9.17) is 0 Å². The Morgan fingerprint density at radius 3 is 2.95 bits per heavy atom. The Morgan fingerprint density at radius 1 is 1.48 bits per heavy atom. The molecule has 4 nitrogen and oxygen atoms in total. The first-order valence-corrected chi connectivity index (χ1v) is 7.09. The van der Waals surface area contributed by atoms with Gasteiger partial charge in [-0.25, -0.2) is 0 Å². The quantitative estimate of drug-likeness (QED) is 0.873. The number of halogens is 2. The summed E-state index contributed by atoms with van der Waals surface area (Å²) >= 11 is 0. The summed E-state index contributed by atoms with van der Waals surface area (Å²) < 4.78 is 29.1. The van der Waals surface area contributed by atoms with Gasteiger partial charge in [-0.2, -0.15) is 8.78 Å². The zero-order chi connectivity index (χ0) is 15.2. The van der Waals surface area contributed by atoms with Crippen LogP contribution < -0.4 is 15.4 Å². The minimum absolute atomic E-state index is 0.0412. The summed E-state index contributed by atoms with van der Waals surface area (Å²) in [7, 11) is 0. The largest absolute Gasteiger partial charge is 0.435 e. The van der Waals surface area contributed by atoms with Crippen LogP contribution in [0, 0.1) is 5.92 Å². The molecule has 1 aromatic rings. The first-order chi connectivity index (χ1) is 10.1. The molecule has 1 heterocycles. The fraction of sp³-hybridized carbons (Fsp3) is 0.533. The predicted molar refractivity (Wildman–Crippen MR) is 75.4 cm³/mol. The van der Waals surface area contributed by atoms with Crippen LogP contribution >= 0.6 is 0 Å². The molecule has 2 atom stereocenters. The number of benzene rings is 1. The average Bonchev–Trinajstić information content (AvgIpc) is 2.43. The van der Waals surface area contributed by atoms with Gasteiger partial charge in [0.1, 0.15) is 5.75 Å². The first-order valence-electron chi connectivity index (χ1n) is 7.09. The molecule has 0 saturated carbocycles. The van der Waals surface area contributed by atoms with Crippen LogP contribution in [0.2, 0.25) is 0 Å². The maximum Gasteiger partial charge on any atom is 0.387 e. The summed E-state index contributed by atoms with van der Waals surface area (Å²) in [5.41, 5.74) is 0.469. The van der Waals surface area contributed by atoms with Crippen LogP contribution in [0.4, 0.5) is 8.78 Å². The van der Waals surface area contributed by atoms with Gasteiger partial charge in [-0.1, -0.05) is 25.1 Å². The molecular formula is C15H20F2N2O2. The van der Waals surface area contributed by atoms with E-state index in [9.17, 15) is 13.6 Å². The summed E-state index contributed by atoms with van der Waals surface area (Å²) in [6, 6.07) is 6.51. The van der Waals surface area contributed by atoms with Gasteiger partial charge in [0.15, 0.2) is 0 Å². The van der Waals surface area contributed by atoms with E-state index in [1.54, 1.807) is 18.2 Å². The molecule has 1 aromatic carbocycles. The van der Waals surface area contributed by atoms with Gasteiger partial charge in [0.2, 0.25) is 5.91 Å². The lowest BCUT2D eigenvalue weighted by Crippen LogP contribution is -2.48. The number of amides is 1. The van der Waals surface area contributed by atoms with E-state index in [-0.39, 0.29) is 24.1 Å². The van der Waals surface area contributed by atoms with E-state index in [1.807, 2.05) is 0 Å². The van der Waals surface area contributed by atoms with Crippen LogP contribution in [0.3, 0.4) is 0 Å². The van der Waals surface area contributed by atoms with Crippen molar-refractivity contribution < 1.29 is 18.3 Å². The van der Waals surface area contributed by atoms with Crippen molar-refractivity contribution in [3.05, 3.63) is 29.8 Å². The number of rotatable bonds is 5. The van der Waals surface area contributed by atoms with Crippen molar-refractivity contribution in [3.8, 4) is 5.75 Å². The van der Waals surface area contributed by atoms with Crippen molar-refractivity contribution in [3.63, 3.8) is 0 Å². The molecule has 1 amide bonds. The maximum absolute atomic E-state index is 12.3. The van der Waals surface area contributed by atoms with E-state index >= 15 is 0 Å². The van der Waals surface area contributed by atoms with E-state index < -0.39 is 6.61 Å². The molecule has 1 aliphatic rings. The van der Waals surface area contributed by atoms with E-state index in [0.29, 0.717) is 11.5 Å².